The number of hydrogen-bond donors (Lipinski definition) is 1. The highest BCUT2D eigenvalue weighted by molar-refractivity contribution is 9.10. The Morgan fingerprint density at radius 2 is 1.57 bits per heavy atom. The average Bonchev–Trinajstić information content (AvgIpc) is 3.24. The third kappa shape index (κ3) is 3.39. The maximum absolute atomic E-state index is 13.1. The average molecular weight is 454 g/mol. The summed E-state index contributed by atoms with van der Waals surface area (Å²) in [4.78, 5) is 4.01. The summed E-state index contributed by atoms with van der Waals surface area (Å²) >= 11 is 3.50. The zero-order valence-electron chi connectivity index (χ0n) is 14.9. The van der Waals surface area contributed by atoms with Gasteiger partial charge in [-0.1, -0.05) is 58.4 Å². The van der Waals surface area contributed by atoms with Gasteiger partial charge in [-0.3, -0.25) is 0 Å². The van der Waals surface area contributed by atoms with E-state index in [1.54, 1.807) is 12.1 Å². The van der Waals surface area contributed by atoms with Crippen molar-refractivity contribution in [3.05, 3.63) is 83.1 Å². The molecular formula is C21H16BrN3O2S. The van der Waals surface area contributed by atoms with Gasteiger partial charge < -0.3 is 0 Å². The van der Waals surface area contributed by atoms with Crippen molar-refractivity contribution in [2.24, 2.45) is 0 Å². The summed E-state index contributed by atoms with van der Waals surface area (Å²) in [7, 11) is -3.82. The summed E-state index contributed by atoms with van der Waals surface area (Å²) < 4.78 is 27.1. The molecule has 0 spiro atoms. The maximum Gasteiger partial charge on any atom is 0.247 e. The molecule has 4 aromatic rings. The summed E-state index contributed by atoms with van der Waals surface area (Å²) in [5.74, 6) is 0. The van der Waals surface area contributed by atoms with Crippen molar-refractivity contribution in [1.82, 2.24) is 15.2 Å². The number of nitrogens with zero attached hydrogens (tertiary/aromatic N) is 2. The number of H-pyrrole nitrogens is 1. The third-order valence-electron chi connectivity index (χ3n) is 4.56. The van der Waals surface area contributed by atoms with Gasteiger partial charge in [0, 0.05) is 4.47 Å². The van der Waals surface area contributed by atoms with Crippen LogP contribution < -0.4 is 0 Å². The lowest BCUT2D eigenvalue weighted by Crippen LogP contribution is -2.06. The number of rotatable bonds is 4. The Labute approximate surface area is 171 Å². The first kappa shape index (κ1) is 18.6. The Balaban J connectivity index is 2.02. The van der Waals surface area contributed by atoms with Crippen molar-refractivity contribution in [1.29, 1.82) is 0 Å². The summed E-state index contributed by atoms with van der Waals surface area (Å²) in [6.07, 6.45) is 1.19. The highest BCUT2D eigenvalue weighted by Crippen LogP contribution is 2.36. The van der Waals surface area contributed by atoms with Crippen molar-refractivity contribution in [3.63, 3.8) is 0 Å². The molecule has 4 rings (SSSR count). The Hall–Kier alpha value is -2.77. The highest BCUT2D eigenvalue weighted by atomic mass is 79.9. The van der Waals surface area contributed by atoms with Crippen molar-refractivity contribution in [3.8, 4) is 22.3 Å². The van der Waals surface area contributed by atoms with Crippen molar-refractivity contribution in [2.45, 2.75) is 17.0 Å². The highest BCUT2D eigenvalue weighted by Gasteiger charge is 2.24. The normalized spacial score (nSPS) is 11.5. The van der Waals surface area contributed by atoms with Crippen LogP contribution in [0.2, 0.25) is 0 Å². The van der Waals surface area contributed by atoms with Crippen LogP contribution in [-0.2, 0) is 9.84 Å². The van der Waals surface area contributed by atoms with Crippen LogP contribution in [0.5, 0.6) is 0 Å². The topological polar surface area (TPSA) is 75.7 Å². The van der Waals surface area contributed by atoms with E-state index < -0.39 is 9.84 Å². The number of sulfone groups is 1. The molecule has 140 valence electrons. The van der Waals surface area contributed by atoms with Crippen LogP contribution in [0.15, 0.2) is 87.6 Å². The van der Waals surface area contributed by atoms with E-state index in [2.05, 4.69) is 31.1 Å². The number of aromatic amines is 1. The van der Waals surface area contributed by atoms with Gasteiger partial charge in [0.05, 0.1) is 4.90 Å². The number of hydrogen-bond acceptors (Lipinski definition) is 4. The van der Waals surface area contributed by atoms with Crippen molar-refractivity contribution in [2.75, 3.05) is 0 Å². The predicted octanol–water partition coefficient (Wildman–Crippen LogP) is 5.04. The minimum absolute atomic E-state index is 0.170. The van der Waals surface area contributed by atoms with E-state index in [0.29, 0.717) is 0 Å². The molecule has 0 bridgehead atoms. The van der Waals surface area contributed by atoms with Gasteiger partial charge in [-0.05, 0) is 59.0 Å². The number of nitrogens with one attached hydrogen (secondary N) is 1. The zero-order chi connectivity index (χ0) is 19.7. The second kappa shape index (κ2) is 7.33. The fourth-order valence-electron chi connectivity index (χ4n) is 3.15. The second-order valence-corrected chi connectivity index (χ2v) is 9.09. The molecule has 0 atom stereocenters. The van der Waals surface area contributed by atoms with Crippen LogP contribution in [0, 0.1) is 6.92 Å². The Morgan fingerprint density at radius 1 is 0.893 bits per heavy atom. The molecule has 1 aromatic heterocycles. The number of halogens is 1. The molecule has 7 heteroatoms. The van der Waals surface area contributed by atoms with Crippen LogP contribution in [0.25, 0.3) is 22.3 Å². The van der Waals surface area contributed by atoms with Crippen molar-refractivity contribution >= 4 is 25.8 Å². The van der Waals surface area contributed by atoms with Crippen LogP contribution in [0.3, 0.4) is 0 Å². The minimum atomic E-state index is -3.82. The summed E-state index contributed by atoms with van der Waals surface area (Å²) in [5, 5.41) is 5.97. The zero-order valence-corrected chi connectivity index (χ0v) is 17.3. The van der Waals surface area contributed by atoms with Gasteiger partial charge in [-0.25, -0.2) is 18.5 Å². The van der Waals surface area contributed by atoms with Crippen LogP contribution >= 0.6 is 15.9 Å². The molecule has 0 fully saturated rings. The Morgan fingerprint density at radius 3 is 2.21 bits per heavy atom. The first-order chi connectivity index (χ1) is 13.5. The largest absolute Gasteiger partial charge is 0.250 e. The number of aromatic nitrogens is 3. The van der Waals surface area contributed by atoms with Gasteiger partial charge in [-0.2, -0.15) is 5.10 Å². The molecule has 5 nitrogen and oxygen atoms in total. The molecular weight excluding hydrogens is 438 g/mol. The fraction of sp³-hybridized carbons (Fsp3) is 0.0476. The lowest BCUT2D eigenvalue weighted by Gasteiger charge is -2.15. The minimum Gasteiger partial charge on any atom is -0.250 e. The molecule has 0 saturated carbocycles. The standard InChI is InChI=1S/C21H16BrN3O2S/c1-14-19(15-6-3-2-4-7-15)11-18(28(26,27)21-23-13-24-25-21)12-20(14)16-8-5-9-17(22)10-16/h2-13H,1H3,(H,23,24,25). The van der Waals surface area contributed by atoms with Gasteiger partial charge in [0.2, 0.25) is 15.0 Å². The van der Waals surface area contributed by atoms with E-state index in [1.807, 2.05) is 61.5 Å². The van der Waals surface area contributed by atoms with Gasteiger partial charge in [0.1, 0.15) is 6.33 Å². The molecule has 3 aromatic carbocycles. The Kier molecular flexibility index (Phi) is 4.87. The first-order valence-corrected chi connectivity index (χ1v) is 10.8. The lowest BCUT2D eigenvalue weighted by molar-refractivity contribution is 0.588. The quantitative estimate of drug-likeness (QED) is 0.469. The van der Waals surface area contributed by atoms with Gasteiger partial charge in [-0.15, -0.1) is 0 Å². The summed E-state index contributed by atoms with van der Waals surface area (Å²) in [6.45, 7) is 2.00. The van der Waals surface area contributed by atoms with Crippen LogP contribution in [0.1, 0.15) is 5.56 Å². The molecule has 0 aliphatic heterocycles. The molecule has 28 heavy (non-hydrogen) atoms. The van der Waals surface area contributed by atoms with Crippen LogP contribution in [-0.4, -0.2) is 23.6 Å². The predicted molar refractivity (Wildman–Crippen MR) is 112 cm³/mol. The van der Waals surface area contributed by atoms with Gasteiger partial charge in [0.15, 0.2) is 0 Å². The van der Waals surface area contributed by atoms with E-state index >= 15 is 0 Å². The van der Waals surface area contributed by atoms with Crippen molar-refractivity contribution < 1.29 is 8.42 Å². The van der Waals surface area contributed by atoms with E-state index in [4.69, 9.17) is 0 Å². The molecule has 0 amide bonds. The molecule has 1 heterocycles. The summed E-state index contributed by atoms with van der Waals surface area (Å²) in [6, 6.07) is 20.9. The lowest BCUT2D eigenvalue weighted by atomic mass is 9.93. The maximum atomic E-state index is 13.1. The molecule has 0 aliphatic carbocycles. The number of benzene rings is 3. The monoisotopic (exact) mass is 453 g/mol. The molecule has 1 N–H and O–H groups in total. The first-order valence-electron chi connectivity index (χ1n) is 8.53. The SMILES string of the molecule is Cc1c(-c2ccccc2)cc(S(=O)(=O)c2ncn[nH]2)cc1-c1cccc(Br)c1. The summed E-state index contributed by atoms with van der Waals surface area (Å²) in [5.41, 5.74) is 4.59. The molecule has 0 saturated heterocycles. The van der Waals surface area contributed by atoms with Gasteiger partial charge in [0.25, 0.3) is 0 Å². The van der Waals surface area contributed by atoms with Gasteiger partial charge >= 0.3 is 0 Å². The van der Waals surface area contributed by atoms with E-state index in [1.165, 1.54) is 6.33 Å². The Bertz CT molecular complexity index is 1240. The molecule has 0 unspecified atom stereocenters. The third-order valence-corrected chi connectivity index (χ3v) is 6.61. The van der Waals surface area contributed by atoms with E-state index in [0.717, 1.165) is 32.3 Å². The van der Waals surface area contributed by atoms with E-state index in [9.17, 15) is 8.42 Å². The molecule has 0 radical (unpaired) electrons. The smallest absolute Gasteiger partial charge is 0.247 e. The van der Waals surface area contributed by atoms with Crippen LogP contribution in [0.4, 0.5) is 0 Å². The fourth-order valence-corrected chi connectivity index (χ4v) is 4.68. The second-order valence-electron chi connectivity index (χ2n) is 6.31. The van der Waals surface area contributed by atoms with E-state index in [-0.39, 0.29) is 10.1 Å². The molecule has 0 aliphatic rings.